The van der Waals surface area contributed by atoms with Crippen LogP contribution in [0.25, 0.3) is 22.4 Å². The molecule has 2 aromatic rings. The highest BCUT2D eigenvalue weighted by Crippen LogP contribution is 2.45. The highest BCUT2D eigenvalue weighted by Gasteiger charge is 2.24. The molecule has 11 heavy (non-hydrogen) atoms. The Balaban J connectivity index is 2.38. The van der Waals surface area contributed by atoms with Crippen molar-refractivity contribution in [2.24, 2.45) is 0 Å². The fourth-order valence-corrected chi connectivity index (χ4v) is 1.46. The summed E-state index contributed by atoms with van der Waals surface area (Å²) >= 11 is 0. The van der Waals surface area contributed by atoms with Gasteiger partial charge in [-0.3, -0.25) is 4.98 Å². The number of pyridine rings is 1. The van der Waals surface area contributed by atoms with E-state index >= 15 is 0 Å². The summed E-state index contributed by atoms with van der Waals surface area (Å²) < 4.78 is 5.05. The Morgan fingerprint density at radius 2 is 2.00 bits per heavy atom. The Labute approximate surface area is 63.5 Å². The number of fused-ring (bicyclic) bond motifs is 4. The van der Waals surface area contributed by atoms with E-state index in [1.807, 2.05) is 6.07 Å². The summed E-state index contributed by atoms with van der Waals surface area (Å²) in [5.74, 6) is 0. The van der Waals surface area contributed by atoms with Crippen LogP contribution in [0.5, 0.6) is 0 Å². The molecule has 0 saturated heterocycles. The first-order valence-corrected chi connectivity index (χ1v) is 3.49. The number of rotatable bonds is 0. The van der Waals surface area contributed by atoms with Crippen molar-refractivity contribution in [1.82, 2.24) is 4.98 Å². The molecule has 0 unspecified atom stereocenters. The topological polar surface area (TPSA) is 26.0 Å². The van der Waals surface area contributed by atoms with Gasteiger partial charge in [0.2, 0.25) is 0 Å². The molecule has 2 nitrogen and oxygen atoms in total. The molecule has 0 saturated carbocycles. The first-order valence-electron chi connectivity index (χ1n) is 3.49. The van der Waals surface area contributed by atoms with Gasteiger partial charge in [0.15, 0.2) is 0 Å². The van der Waals surface area contributed by atoms with Crippen molar-refractivity contribution in [3.8, 4) is 22.4 Å². The molecule has 1 aliphatic carbocycles. The lowest BCUT2D eigenvalue weighted by atomic mass is 9.89. The maximum atomic E-state index is 5.05. The van der Waals surface area contributed by atoms with Crippen molar-refractivity contribution >= 4 is 0 Å². The summed E-state index contributed by atoms with van der Waals surface area (Å²) in [6.45, 7) is 0. The van der Waals surface area contributed by atoms with Gasteiger partial charge < -0.3 is 4.42 Å². The molecule has 52 valence electrons. The van der Waals surface area contributed by atoms with Crippen LogP contribution in [0.1, 0.15) is 0 Å². The largest absolute Gasteiger partial charge is 0.471 e. The molecule has 0 fully saturated rings. The van der Waals surface area contributed by atoms with Crippen LogP contribution in [0.3, 0.4) is 0 Å². The summed E-state index contributed by atoms with van der Waals surface area (Å²) in [6, 6.07) is 4.00. The zero-order valence-electron chi connectivity index (χ0n) is 5.74. The van der Waals surface area contributed by atoms with Gasteiger partial charge in [-0.25, -0.2) is 0 Å². The predicted molar refractivity (Wildman–Crippen MR) is 40.9 cm³/mol. The number of furan rings is 1. The van der Waals surface area contributed by atoms with Crippen molar-refractivity contribution in [2.75, 3.05) is 0 Å². The van der Waals surface area contributed by atoms with Crippen molar-refractivity contribution in [3.63, 3.8) is 0 Å². The highest BCUT2D eigenvalue weighted by molar-refractivity contribution is 5.99. The van der Waals surface area contributed by atoms with Crippen LogP contribution in [0.2, 0.25) is 0 Å². The quantitative estimate of drug-likeness (QED) is 0.482. The van der Waals surface area contributed by atoms with Gasteiger partial charge in [-0.05, 0) is 6.07 Å². The molecule has 0 spiro atoms. The second kappa shape index (κ2) is 1.53. The van der Waals surface area contributed by atoms with Crippen molar-refractivity contribution in [3.05, 3.63) is 30.9 Å². The molecule has 0 N–H and O–H groups in total. The molecule has 0 bridgehead atoms. The average Bonchev–Trinajstić information content (AvgIpc) is 2.44. The predicted octanol–water partition coefficient (Wildman–Crippen LogP) is 2.32. The Bertz CT molecular complexity index is 380. The highest BCUT2D eigenvalue weighted by atomic mass is 16.3. The molecule has 2 aromatic heterocycles. The molecule has 0 amide bonds. The fourth-order valence-electron chi connectivity index (χ4n) is 1.46. The van der Waals surface area contributed by atoms with Gasteiger partial charge in [-0.1, -0.05) is 6.07 Å². The van der Waals surface area contributed by atoms with Crippen molar-refractivity contribution in [2.45, 2.75) is 0 Å². The first-order chi connectivity index (χ1) is 5.47. The lowest BCUT2D eigenvalue weighted by Gasteiger charge is -2.15. The Morgan fingerprint density at radius 1 is 1.09 bits per heavy atom. The summed E-state index contributed by atoms with van der Waals surface area (Å²) in [4.78, 5) is 4.22. The molecule has 2 heterocycles. The standard InChI is InChI=1S/C9H5NO/c1-2-6-7-4-11-5-8(7)9(6)10-3-1/h1-5H. The molecule has 0 atom stereocenters. The number of nitrogens with zero attached hydrogens (tertiary/aromatic N) is 1. The van der Waals surface area contributed by atoms with Crippen molar-refractivity contribution < 1.29 is 4.42 Å². The molecular weight excluding hydrogens is 138 g/mol. The Morgan fingerprint density at radius 3 is 3.00 bits per heavy atom. The van der Waals surface area contributed by atoms with Crippen LogP contribution in [0.4, 0.5) is 0 Å². The minimum absolute atomic E-state index is 1.07. The van der Waals surface area contributed by atoms with Crippen LogP contribution >= 0.6 is 0 Å². The van der Waals surface area contributed by atoms with E-state index in [0.29, 0.717) is 0 Å². The van der Waals surface area contributed by atoms with Gasteiger partial charge in [0.05, 0.1) is 12.0 Å². The van der Waals surface area contributed by atoms with Gasteiger partial charge in [-0.2, -0.15) is 0 Å². The van der Waals surface area contributed by atoms with E-state index in [1.54, 1.807) is 18.7 Å². The zero-order valence-corrected chi connectivity index (χ0v) is 5.74. The fraction of sp³-hybridized carbons (Fsp3) is 0. The van der Waals surface area contributed by atoms with Gasteiger partial charge in [0, 0.05) is 22.9 Å². The van der Waals surface area contributed by atoms with E-state index in [1.165, 1.54) is 11.1 Å². The third-order valence-electron chi connectivity index (χ3n) is 2.01. The zero-order chi connectivity index (χ0) is 7.26. The molecule has 0 aromatic carbocycles. The smallest absolute Gasteiger partial charge is 0.100 e. The van der Waals surface area contributed by atoms with Crippen LogP contribution in [-0.2, 0) is 0 Å². The molecule has 2 heteroatoms. The molecule has 3 rings (SSSR count). The van der Waals surface area contributed by atoms with Crippen LogP contribution in [0, 0.1) is 0 Å². The number of hydrogen-bond acceptors (Lipinski definition) is 2. The van der Waals surface area contributed by atoms with E-state index in [2.05, 4.69) is 11.1 Å². The summed E-state index contributed by atoms with van der Waals surface area (Å²) in [6.07, 6.45) is 5.30. The Hall–Kier alpha value is -1.57. The van der Waals surface area contributed by atoms with Crippen LogP contribution in [-0.4, -0.2) is 4.98 Å². The normalized spacial score (nSPS) is 11.6. The van der Waals surface area contributed by atoms with Crippen LogP contribution in [0.15, 0.2) is 35.3 Å². The minimum atomic E-state index is 1.07. The van der Waals surface area contributed by atoms with E-state index in [-0.39, 0.29) is 0 Å². The maximum Gasteiger partial charge on any atom is 0.100 e. The average molecular weight is 143 g/mol. The van der Waals surface area contributed by atoms with E-state index < -0.39 is 0 Å². The molecule has 1 aliphatic rings. The third-order valence-corrected chi connectivity index (χ3v) is 2.01. The number of aromatic nitrogens is 1. The minimum Gasteiger partial charge on any atom is -0.471 e. The molecular formula is C9H5NO. The SMILES string of the molecule is c1cnc2c(c1)-c1cocc1-2. The first kappa shape index (κ1) is 5.13. The summed E-state index contributed by atoms with van der Waals surface area (Å²) in [7, 11) is 0. The lowest BCUT2D eigenvalue weighted by molar-refractivity contribution is 0.569. The van der Waals surface area contributed by atoms with Crippen LogP contribution < -0.4 is 0 Å². The monoisotopic (exact) mass is 143 g/mol. The van der Waals surface area contributed by atoms with E-state index in [9.17, 15) is 0 Å². The second-order valence-electron chi connectivity index (χ2n) is 2.60. The maximum absolute atomic E-state index is 5.05. The van der Waals surface area contributed by atoms with Crippen molar-refractivity contribution in [1.29, 1.82) is 0 Å². The van der Waals surface area contributed by atoms with Gasteiger partial charge in [0.25, 0.3) is 0 Å². The molecule has 0 aliphatic heterocycles. The van der Waals surface area contributed by atoms with E-state index in [0.717, 1.165) is 11.3 Å². The third kappa shape index (κ3) is 0.463. The van der Waals surface area contributed by atoms with Gasteiger partial charge in [0.1, 0.15) is 6.26 Å². The Kier molecular flexibility index (Phi) is 0.714. The van der Waals surface area contributed by atoms with Gasteiger partial charge in [-0.15, -0.1) is 0 Å². The summed E-state index contributed by atoms with van der Waals surface area (Å²) in [5.41, 5.74) is 4.60. The molecule has 0 radical (unpaired) electrons. The summed E-state index contributed by atoms with van der Waals surface area (Å²) in [5, 5.41) is 0. The number of hydrogen-bond donors (Lipinski definition) is 0. The van der Waals surface area contributed by atoms with Gasteiger partial charge >= 0.3 is 0 Å². The lowest BCUT2D eigenvalue weighted by Crippen LogP contribution is -1.96. The second-order valence-corrected chi connectivity index (χ2v) is 2.60. The van der Waals surface area contributed by atoms with E-state index in [4.69, 9.17) is 4.42 Å².